The lowest BCUT2D eigenvalue weighted by molar-refractivity contribution is 0.330. The molecule has 0 unspecified atom stereocenters. The minimum atomic E-state index is 0.159. The van der Waals surface area contributed by atoms with Crippen molar-refractivity contribution in [1.29, 1.82) is 0 Å². The van der Waals surface area contributed by atoms with Gasteiger partial charge in [-0.05, 0) is 93.6 Å². The second-order valence-electron chi connectivity index (χ2n) is 12.3. The van der Waals surface area contributed by atoms with E-state index in [0.717, 1.165) is 60.6 Å². The van der Waals surface area contributed by atoms with Crippen LogP contribution in [0.1, 0.15) is 90.4 Å². The Hall–Kier alpha value is -2.40. The normalized spacial score (nSPS) is 15.5. The maximum atomic E-state index is 5.02. The summed E-state index contributed by atoms with van der Waals surface area (Å²) in [4.78, 5) is 9.61. The van der Waals surface area contributed by atoms with E-state index in [9.17, 15) is 0 Å². The van der Waals surface area contributed by atoms with Crippen LogP contribution >= 0.6 is 0 Å². The van der Waals surface area contributed by atoms with Crippen molar-refractivity contribution in [2.24, 2.45) is 22.2 Å². The molecule has 0 saturated carbocycles. The summed E-state index contributed by atoms with van der Waals surface area (Å²) in [6.07, 6.45) is 6.00. The van der Waals surface area contributed by atoms with Gasteiger partial charge < -0.3 is 15.2 Å². The predicted molar refractivity (Wildman–Crippen MR) is 161 cm³/mol. The number of benzene rings is 1. The fourth-order valence-electron chi connectivity index (χ4n) is 4.68. The first-order valence-corrected chi connectivity index (χ1v) is 14.2. The lowest BCUT2D eigenvalue weighted by atomic mass is 9.94. The maximum absolute atomic E-state index is 5.02. The topological polar surface area (TPSA) is 54.2 Å². The van der Waals surface area contributed by atoms with E-state index in [1.165, 1.54) is 36.1 Å². The van der Waals surface area contributed by atoms with Crippen LogP contribution in [0, 0.1) is 31.1 Å². The average molecular weight is 508 g/mol. The van der Waals surface area contributed by atoms with E-state index in [0.29, 0.717) is 0 Å². The highest BCUT2D eigenvalue weighted by Crippen LogP contribution is 2.28. The van der Waals surface area contributed by atoms with Gasteiger partial charge in [-0.25, -0.2) is 4.98 Å². The number of nitrogens with zero attached hydrogens (tertiary/aromatic N) is 3. The molecule has 3 rings (SSSR count). The number of aryl methyl sites for hydroxylation is 2. The van der Waals surface area contributed by atoms with Gasteiger partial charge in [-0.15, -0.1) is 0 Å². The molecule has 5 nitrogen and oxygen atoms in total. The molecule has 0 aliphatic carbocycles. The lowest BCUT2D eigenvalue weighted by Crippen LogP contribution is -2.30. The van der Waals surface area contributed by atoms with E-state index in [-0.39, 0.29) is 5.41 Å². The quantitative estimate of drug-likeness (QED) is 0.424. The van der Waals surface area contributed by atoms with Crippen LogP contribution in [0.2, 0.25) is 0 Å². The van der Waals surface area contributed by atoms with Crippen molar-refractivity contribution < 1.29 is 0 Å². The Kier molecular flexibility index (Phi) is 12.1. The molecule has 0 atom stereocenters. The van der Waals surface area contributed by atoms with Crippen LogP contribution in [0.3, 0.4) is 0 Å². The molecule has 0 bridgehead atoms. The lowest BCUT2D eigenvalue weighted by Gasteiger charge is -2.23. The molecule has 1 aliphatic heterocycles. The first kappa shape index (κ1) is 30.8. The summed E-state index contributed by atoms with van der Waals surface area (Å²) in [5, 5.41) is 7.12. The third kappa shape index (κ3) is 10.1. The zero-order valence-corrected chi connectivity index (χ0v) is 25.3. The molecular formula is C32H53N5. The highest BCUT2D eigenvalue weighted by molar-refractivity contribution is 5.81. The molecule has 1 aromatic heterocycles. The Morgan fingerprint density at radius 1 is 1.16 bits per heavy atom. The van der Waals surface area contributed by atoms with E-state index in [4.69, 9.17) is 4.98 Å². The number of allylic oxidation sites excluding steroid dienone is 1. The fraction of sp³-hybridized carbons (Fsp3) is 0.625. The third-order valence-corrected chi connectivity index (χ3v) is 6.51. The van der Waals surface area contributed by atoms with Crippen LogP contribution in [0.25, 0.3) is 5.57 Å². The largest absolute Gasteiger partial charge is 0.385 e. The summed E-state index contributed by atoms with van der Waals surface area (Å²) in [5.41, 5.74) is 6.94. The van der Waals surface area contributed by atoms with Crippen molar-refractivity contribution in [3.8, 4) is 0 Å². The van der Waals surface area contributed by atoms with Crippen LogP contribution in [-0.2, 0) is 6.54 Å². The molecule has 2 aromatic rings. The second-order valence-corrected chi connectivity index (χ2v) is 12.3. The Balaban J connectivity index is 0.00000112. The number of aromatic nitrogens is 2. The average Bonchev–Trinajstić information content (AvgIpc) is 2.82. The molecule has 2 N–H and O–H groups in total. The number of piperidine rings is 1. The molecule has 1 aliphatic rings. The van der Waals surface area contributed by atoms with Crippen LogP contribution in [0.5, 0.6) is 0 Å². The Labute approximate surface area is 226 Å². The summed E-state index contributed by atoms with van der Waals surface area (Å²) in [7, 11) is 1.87. The van der Waals surface area contributed by atoms with Gasteiger partial charge in [-0.2, -0.15) is 0 Å². The van der Waals surface area contributed by atoms with Gasteiger partial charge in [0, 0.05) is 37.5 Å². The number of hydrogen-bond donors (Lipinski definition) is 2. The Bertz CT molecular complexity index is 1080. The van der Waals surface area contributed by atoms with Crippen LogP contribution in [0.4, 0.5) is 5.69 Å². The van der Waals surface area contributed by atoms with E-state index < -0.39 is 0 Å². The van der Waals surface area contributed by atoms with Gasteiger partial charge in [-0.1, -0.05) is 53.7 Å². The Morgan fingerprint density at radius 3 is 2.38 bits per heavy atom. The smallest absolute Gasteiger partial charge is 0.130 e. The Morgan fingerprint density at radius 2 is 1.81 bits per heavy atom. The summed E-state index contributed by atoms with van der Waals surface area (Å²) < 4.78 is 2.22. The highest BCUT2D eigenvalue weighted by atomic mass is 15.1. The molecule has 206 valence electrons. The standard InChI is InChI=1S/C28H43N5.C4H10/c1-8-24(26-18-27(29-7)33(21(3)32-26)19-28(4,5)6)25-17-23(10-9-20(25)2)31-16-13-22-11-14-30-15-12-22;1-4(2)3/h8-10,17-18,22,30-31H,11-16,19H2,1-7H3;4H,1-3H3/b24-8+,29-27?;. The van der Waals surface area contributed by atoms with Crippen molar-refractivity contribution in [2.45, 2.75) is 88.1 Å². The van der Waals surface area contributed by atoms with Crippen LogP contribution < -0.4 is 16.1 Å². The molecule has 1 aromatic carbocycles. The van der Waals surface area contributed by atoms with Gasteiger partial charge in [0.25, 0.3) is 0 Å². The van der Waals surface area contributed by atoms with Gasteiger partial charge in [0.2, 0.25) is 0 Å². The molecule has 1 saturated heterocycles. The van der Waals surface area contributed by atoms with Crippen molar-refractivity contribution >= 4 is 11.3 Å². The molecule has 1 fully saturated rings. The minimum Gasteiger partial charge on any atom is -0.385 e. The first-order valence-electron chi connectivity index (χ1n) is 14.2. The van der Waals surface area contributed by atoms with E-state index in [2.05, 4.69) is 113 Å². The van der Waals surface area contributed by atoms with Crippen molar-refractivity contribution in [3.63, 3.8) is 0 Å². The van der Waals surface area contributed by atoms with E-state index in [1.807, 2.05) is 7.05 Å². The van der Waals surface area contributed by atoms with Gasteiger partial charge >= 0.3 is 0 Å². The molecule has 0 radical (unpaired) electrons. The molecule has 2 heterocycles. The van der Waals surface area contributed by atoms with Crippen LogP contribution in [-0.4, -0.2) is 36.2 Å². The minimum absolute atomic E-state index is 0.159. The number of nitrogens with one attached hydrogen (secondary N) is 2. The fourth-order valence-corrected chi connectivity index (χ4v) is 4.68. The zero-order chi connectivity index (χ0) is 27.6. The predicted octanol–water partition coefficient (Wildman–Crippen LogP) is 6.99. The van der Waals surface area contributed by atoms with Gasteiger partial charge in [0.15, 0.2) is 0 Å². The molecular weight excluding hydrogens is 454 g/mol. The van der Waals surface area contributed by atoms with Crippen molar-refractivity contribution in [2.75, 3.05) is 32.0 Å². The van der Waals surface area contributed by atoms with E-state index >= 15 is 0 Å². The number of anilines is 1. The summed E-state index contributed by atoms with van der Waals surface area (Å²) in [6.45, 7) is 23.8. The van der Waals surface area contributed by atoms with Gasteiger partial charge in [0.1, 0.15) is 11.3 Å². The maximum Gasteiger partial charge on any atom is 0.130 e. The monoisotopic (exact) mass is 507 g/mol. The first-order chi connectivity index (χ1) is 17.4. The van der Waals surface area contributed by atoms with Crippen molar-refractivity contribution in [3.05, 3.63) is 58.5 Å². The SMILES string of the molecule is C/C=C(/c1cc(=NC)n(CC(C)(C)C)c(C)n1)c1cc(NCCC2CCNCC2)ccc1C.CC(C)C. The molecule has 0 amide bonds. The summed E-state index contributed by atoms with van der Waals surface area (Å²) in [6, 6.07) is 8.82. The third-order valence-electron chi connectivity index (χ3n) is 6.51. The molecule has 5 heteroatoms. The van der Waals surface area contributed by atoms with E-state index in [1.54, 1.807) is 0 Å². The number of hydrogen-bond acceptors (Lipinski definition) is 4. The van der Waals surface area contributed by atoms with Gasteiger partial charge in [0.05, 0.1) is 5.69 Å². The van der Waals surface area contributed by atoms with Crippen molar-refractivity contribution in [1.82, 2.24) is 14.9 Å². The summed E-state index contributed by atoms with van der Waals surface area (Å²) >= 11 is 0. The zero-order valence-electron chi connectivity index (χ0n) is 25.3. The van der Waals surface area contributed by atoms with Crippen LogP contribution in [0.15, 0.2) is 35.3 Å². The number of rotatable bonds is 7. The summed E-state index contributed by atoms with van der Waals surface area (Å²) in [5.74, 6) is 2.67. The second kappa shape index (κ2) is 14.5. The van der Waals surface area contributed by atoms with Gasteiger partial charge in [-0.3, -0.25) is 4.99 Å². The highest BCUT2D eigenvalue weighted by Gasteiger charge is 2.17. The molecule has 0 spiro atoms. The molecule has 37 heavy (non-hydrogen) atoms.